The van der Waals surface area contributed by atoms with Crippen molar-refractivity contribution in [1.29, 1.82) is 0 Å². The summed E-state index contributed by atoms with van der Waals surface area (Å²) < 4.78 is 6.94. The fourth-order valence-electron chi connectivity index (χ4n) is 2.96. The van der Waals surface area contributed by atoms with Crippen LogP contribution in [-0.2, 0) is 16.1 Å². The average Bonchev–Trinajstić information content (AvgIpc) is 3.02. The van der Waals surface area contributed by atoms with Crippen LogP contribution in [0.25, 0.3) is 0 Å². The Labute approximate surface area is 106 Å². The van der Waals surface area contributed by atoms with E-state index in [0.717, 1.165) is 32.4 Å². The van der Waals surface area contributed by atoms with E-state index in [2.05, 4.69) is 15.0 Å². The van der Waals surface area contributed by atoms with E-state index >= 15 is 0 Å². The third-order valence-corrected chi connectivity index (χ3v) is 3.85. The molecular formula is C12H18N4O2. The highest BCUT2D eigenvalue weighted by Crippen LogP contribution is 2.25. The first-order valence-electron chi connectivity index (χ1n) is 6.59. The van der Waals surface area contributed by atoms with E-state index in [4.69, 9.17) is 4.74 Å². The Morgan fingerprint density at radius 1 is 1.39 bits per heavy atom. The first-order chi connectivity index (χ1) is 8.84. The molecule has 3 heterocycles. The lowest BCUT2D eigenvalue weighted by Crippen LogP contribution is -2.49. The molecule has 1 aromatic heterocycles. The highest BCUT2D eigenvalue weighted by atomic mass is 16.5. The first kappa shape index (κ1) is 11.6. The number of piperidine rings is 1. The monoisotopic (exact) mass is 250 g/mol. The Morgan fingerprint density at radius 3 is 3.06 bits per heavy atom. The fraction of sp³-hybridized carbons (Fsp3) is 0.750. The predicted molar refractivity (Wildman–Crippen MR) is 63.7 cm³/mol. The number of cyclic esters (lactones) is 1. The number of rotatable bonds is 3. The standard InChI is InChI=1S/C12H18N4O2/c17-12-11(4-6-18-12)16-5-2-1-3-10(16)7-15-9-13-8-14-15/h8-11H,1-7H2/t10-,11-/m0/s1. The lowest BCUT2D eigenvalue weighted by Gasteiger charge is -2.37. The molecule has 2 aliphatic heterocycles. The summed E-state index contributed by atoms with van der Waals surface area (Å²) in [5.74, 6) is -0.0551. The largest absolute Gasteiger partial charge is 0.464 e. The van der Waals surface area contributed by atoms with Gasteiger partial charge in [-0.2, -0.15) is 5.10 Å². The molecule has 6 heteroatoms. The summed E-state index contributed by atoms with van der Waals surface area (Å²) in [5, 5.41) is 4.15. The Balaban J connectivity index is 1.71. The summed E-state index contributed by atoms with van der Waals surface area (Å²) in [6.45, 7) is 2.36. The van der Waals surface area contributed by atoms with Crippen molar-refractivity contribution >= 4 is 5.97 Å². The van der Waals surface area contributed by atoms with Crippen LogP contribution in [0.2, 0.25) is 0 Å². The number of ether oxygens (including phenoxy) is 1. The Hall–Kier alpha value is -1.43. The van der Waals surface area contributed by atoms with E-state index in [0.29, 0.717) is 12.6 Å². The van der Waals surface area contributed by atoms with Gasteiger partial charge in [-0.05, 0) is 19.4 Å². The highest BCUT2D eigenvalue weighted by molar-refractivity contribution is 5.77. The van der Waals surface area contributed by atoms with Crippen LogP contribution in [-0.4, -0.2) is 50.9 Å². The second-order valence-corrected chi connectivity index (χ2v) is 4.98. The number of hydrogen-bond donors (Lipinski definition) is 0. The number of aromatic nitrogens is 3. The van der Waals surface area contributed by atoms with Crippen LogP contribution < -0.4 is 0 Å². The third kappa shape index (κ3) is 2.25. The van der Waals surface area contributed by atoms with Gasteiger partial charge >= 0.3 is 5.97 Å². The van der Waals surface area contributed by atoms with Crippen molar-refractivity contribution < 1.29 is 9.53 Å². The molecule has 18 heavy (non-hydrogen) atoms. The summed E-state index contributed by atoms with van der Waals surface area (Å²) >= 11 is 0. The molecule has 2 saturated heterocycles. The molecule has 0 amide bonds. The SMILES string of the molecule is O=C1OCC[C@@H]1N1CCCC[C@H]1Cn1cncn1. The molecule has 0 aromatic carbocycles. The number of esters is 1. The molecule has 0 radical (unpaired) electrons. The second kappa shape index (κ2) is 5.06. The number of nitrogens with zero attached hydrogens (tertiary/aromatic N) is 4. The van der Waals surface area contributed by atoms with E-state index in [1.165, 1.54) is 6.42 Å². The lowest BCUT2D eigenvalue weighted by molar-refractivity contribution is -0.143. The van der Waals surface area contributed by atoms with Crippen LogP contribution in [0.4, 0.5) is 0 Å². The number of carbonyl (C=O) groups is 1. The number of carbonyl (C=O) groups excluding carboxylic acids is 1. The van der Waals surface area contributed by atoms with Crippen LogP contribution in [0.15, 0.2) is 12.7 Å². The molecule has 0 saturated carbocycles. The molecule has 1 aromatic rings. The van der Waals surface area contributed by atoms with E-state index in [-0.39, 0.29) is 12.0 Å². The van der Waals surface area contributed by atoms with Gasteiger partial charge in [0.25, 0.3) is 0 Å². The van der Waals surface area contributed by atoms with Crippen molar-refractivity contribution in [3.63, 3.8) is 0 Å². The molecule has 0 spiro atoms. The zero-order valence-corrected chi connectivity index (χ0v) is 10.4. The van der Waals surface area contributed by atoms with Crippen molar-refractivity contribution in [2.75, 3.05) is 13.2 Å². The minimum absolute atomic E-state index is 0.0428. The molecule has 0 aliphatic carbocycles. The van der Waals surface area contributed by atoms with Crippen LogP contribution in [0.1, 0.15) is 25.7 Å². The molecule has 0 N–H and O–H groups in total. The molecule has 98 valence electrons. The molecule has 0 unspecified atom stereocenters. The topological polar surface area (TPSA) is 60.2 Å². The van der Waals surface area contributed by atoms with Crippen molar-refractivity contribution in [3.8, 4) is 0 Å². The van der Waals surface area contributed by atoms with E-state index < -0.39 is 0 Å². The molecule has 2 fully saturated rings. The van der Waals surface area contributed by atoms with Crippen LogP contribution in [0.3, 0.4) is 0 Å². The van der Waals surface area contributed by atoms with E-state index in [1.54, 1.807) is 12.7 Å². The number of likely N-dealkylation sites (tertiary alicyclic amines) is 1. The zero-order chi connectivity index (χ0) is 12.4. The van der Waals surface area contributed by atoms with Crippen LogP contribution in [0, 0.1) is 0 Å². The van der Waals surface area contributed by atoms with Gasteiger partial charge in [-0.3, -0.25) is 14.4 Å². The summed E-state index contributed by atoms with van der Waals surface area (Å²) in [5.41, 5.74) is 0. The summed E-state index contributed by atoms with van der Waals surface area (Å²) in [7, 11) is 0. The van der Waals surface area contributed by atoms with Crippen molar-refractivity contribution in [3.05, 3.63) is 12.7 Å². The summed E-state index contributed by atoms with van der Waals surface area (Å²) in [6.07, 6.45) is 7.61. The fourth-order valence-corrected chi connectivity index (χ4v) is 2.96. The molecule has 6 nitrogen and oxygen atoms in total. The summed E-state index contributed by atoms with van der Waals surface area (Å²) in [6, 6.07) is 0.329. The quantitative estimate of drug-likeness (QED) is 0.729. The van der Waals surface area contributed by atoms with Gasteiger partial charge in [-0.15, -0.1) is 0 Å². The lowest BCUT2D eigenvalue weighted by atomic mass is 9.99. The third-order valence-electron chi connectivity index (χ3n) is 3.85. The van der Waals surface area contributed by atoms with Gasteiger partial charge in [0.15, 0.2) is 0 Å². The van der Waals surface area contributed by atoms with Gasteiger partial charge in [0, 0.05) is 12.5 Å². The van der Waals surface area contributed by atoms with Gasteiger partial charge in [-0.1, -0.05) is 6.42 Å². The van der Waals surface area contributed by atoms with Gasteiger partial charge in [0.05, 0.1) is 13.2 Å². The van der Waals surface area contributed by atoms with E-state index in [9.17, 15) is 4.79 Å². The van der Waals surface area contributed by atoms with Crippen LogP contribution >= 0.6 is 0 Å². The Kier molecular flexibility index (Phi) is 3.27. The molecule has 3 rings (SSSR count). The molecule has 0 bridgehead atoms. The molecule has 2 aliphatic rings. The molecule has 2 atom stereocenters. The zero-order valence-electron chi connectivity index (χ0n) is 10.4. The average molecular weight is 250 g/mol. The minimum Gasteiger partial charge on any atom is -0.464 e. The summed E-state index contributed by atoms with van der Waals surface area (Å²) in [4.78, 5) is 18.0. The normalized spacial score (nSPS) is 29.4. The van der Waals surface area contributed by atoms with Crippen LogP contribution in [0.5, 0.6) is 0 Å². The highest BCUT2D eigenvalue weighted by Gasteiger charge is 2.37. The van der Waals surface area contributed by atoms with Crippen molar-refractivity contribution in [2.24, 2.45) is 0 Å². The predicted octanol–water partition coefficient (Wildman–Crippen LogP) is 0.448. The first-order valence-corrected chi connectivity index (χ1v) is 6.59. The maximum Gasteiger partial charge on any atom is 0.323 e. The van der Waals surface area contributed by atoms with Gasteiger partial charge in [0.1, 0.15) is 18.7 Å². The van der Waals surface area contributed by atoms with Gasteiger partial charge < -0.3 is 4.74 Å². The number of hydrogen-bond acceptors (Lipinski definition) is 5. The maximum absolute atomic E-state index is 11.7. The molecular weight excluding hydrogens is 232 g/mol. The van der Waals surface area contributed by atoms with Gasteiger partial charge in [0.2, 0.25) is 0 Å². The Morgan fingerprint density at radius 2 is 2.33 bits per heavy atom. The second-order valence-electron chi connectivity index (χ2n) is 4.98. The van der Waals surface area contributed by atoms with Gasteiger partial charge in [-0.25, -0.2) is 4.98 Å². The maximum atomic E-state index is 11.7. The minimum atomic E-state index is -0.0551. The smallest absolute Gasteiger partial charge is 0.323 e. The Bertz CT molecular complexity index is 406. The van der Waals surface area contributed by atoms with Crippen molar-refractivity contribution in [2.45, 2.75) is 44.3 Å². The van der Waals surface area contributed by atoms with E-state index in [1.807, 2.05) is 4.68 Å². The van der Waals surface area contributed by atoms with Crippen molar-refractivity contribution in [1.82, 2.24) is 19.7 Å².